The Labute approximate surface area is 138 Å². The van der Waals surface area contributed by atoms with Crippen LogP contribution in [0.3, 0.4) is 0 Å². The van der Waals surface area contributed by atoms with Crippen molar-refractivity contribution < 1.29 is 14.3 Å². The van der Waals surface area contributed by atoms with E-state index in [4.69, 9.17) is 4.74 Å². The Bertz CT molecular complexity index is 532. The molecular weight excluding hydrogens is 292 g/mol. The summed E-state index contributed by atoms with van der Waals surface area (Å²) in [6, 6.07) is 7.59. The van der Waals surface area contributed by atoms with Gasteiger partial charge in [-0.1, -0.05) is 26.0 Å². The van der Waals surface area contributed by atoms with Crippen LogP contribution in [-0.2, 0) is 16.1 Å². The Morgan fingerprint density at radius 1 is 1.22 bits per heavy atom. The van der Waals surface area contributed by atoms with Gasteiger partial charge in [0.2, 0.25) is 5.91 Å². The lowest BCUT2D eigenvalue weighted by Crippen LogP contribution is -2.47. The lowest BCUT2D eigenvalue weighted by Gasteiger charge is -2.33. The Morgan fingerprint density at radius 2 is 1.83 bits per heavy atom. The number of amides is 2. The molecule has 1 N–H and O–H groups in total. The molecule has 1 saturated heterocycles. The number of piperidine rings is 1. The van der Waals surface area contributed by atoms with Crippen molar-refractivity contribution in [1.29, 1.82) is 0 Å². The first-order valence-corrected chi connectivity index (χ1v) is 8.18. The molecule has 23 heavy (non-hydrogen) atoms. The minimum atomic E-state index is -0.0531. The van der Waals surface area contributed by atoms with Gasteiger partial charge in [0.05, 0.1) is 6.61 Å². The van der Waals surface area contributed by atoms with E-state index < -0.39 is 0 Å². The average molecular weight is 318 g/mol. The van der Waals surface area contributed by atoms with Gasteiger partial charge in [-0.3, -0.25) is 9.59 Å². The molecular formula is C18H26N2O3. The van der Waals surface area contributed by atoms with Crippen LogP contribution in [0.15, 0.2) is 24.3 Å². The first kappa shape index (κ1) is 17.5. The SMILES string of the molecule is COCc1ccc(C(=O)NC2CCN(C(=O)C(C)C)CC2)cc1. The molecule has 2 amide bonds. The lowest BCUT2D eigenvalue weighted by atomic mass is 10.0. The number of benzene rings is 1. The largest absolute Gasteiger partial charge is 0.380 e. The normalized spacial score (nSPS) is 15.7. The average Bonchev–Trinajstić information content (AvgIpc) is 2.55. The summed E-state index contributed by atoms with van der Waals surface area (Å²) in [7, 11) is 1.65. The highest BCUT2D eigenvalue weighted by Crippen LogP contribution is 2.14. The van der Waals surface area contributed by atoms with Gasteiger partial charge in [0.1, 0.15) is 0 Å². The first-order valence-electron chi connectivity index (χ1n) is 8.18. The van der Waals surface area contributed by atoms with Crippen LogP contribution in [0.5, 0.6) is 0 Å². The van der Waals surface area contributed by atoms with E-state index in [1.54, 1.807) is 7.11 Å². The van der Waals surface area contributed by atoms with Crippen LogP contribution in [0.2, 0.25) is 0 Å². The van der Waals surface area contributed by atoms with Gasteiger partial charge in [-0.25, -0.2) is 0 Å². The van der Waals surface area contributed by atoms with E-state index in [1.807, 2.05) is 43.0 Å². The molecule has 2 rings (SSSR count). The zero-order chi connectivity index (χ0) is 16.8. The Morgan fingerprint density at radius 3 is 2.35 bits per heavy atom. The van der Waals surface area contributed by atoms with Crippen molar-refractivity contribution in [3.05, 3.63) is 35.4 Å². The summed E-state index contributed by atoms with van der Waals surface area (Å²) in [4.78, 5) is 26.1. The quantitative estimate of drug-likeness (QED) is 0.905. The number of rotatable bonds is 5. The summed E-state index contributed by atoms with van der Waals surface area (Å²) < 4.78 is 5.06. The predicted octanol–water partition coefficient (Wildman–Crippen LogP) is 2.21. The standard InChI is InChI=1S/C18H26N2O3/c1-13(2)18(22)20-10-8-16(9-11-20)19-17(21)15-6-4-14(5-7-15)12-23-3/h4-7,13,16H,8-12H2,1-3H3,(H,19,21). The van der Waals surface area contributed by atoms with E-state index in [2.05, 4.69) is 5.32 Å². The molecule has 1 aromatic carbocycles. The molecule has 0 unspecified atom stereocenters. The van der Waals surface area contributed by atoms with Gasteiger partial charge >= 0.3 is 0 Å². The molecule has 0 bridgehead atoms. The minimum absolute atomic E-state index is 0.0340. The molecule has 0 aromatic heterocycles. The minimum Gasteiger partial charge on any atom is -0.380 e. The van der Waals surface area contributed by atoms with Gasteiger partial charge in [-0.15, -0.1) is 0 Å². The highest BCUT2D eigenvalue weighted by atomic mass is 16.5. The van der Waals surface area contributed by atoms with Gasteiger partial charge in [-0.05, 0) is 30.5 Å². The number of nitrogens with zero attached hydrogens (tertiary/aromatic N) is 1. The van der Waals surface area contributed by atoms with E-state index in [9.17, 15) is 9.59 Å². The molecule has 126 valence electrons. The van der Waals surface area contributed by atoms with Crippen LogP contribution >= 0.6 is 0 Å². The molecule has 1 aliphatic heterocycles. The number of likely N-dealkylation sites (tertiary alicyclic amines) is 1. The number of hydrogen-bond donors (Lipinski definition) is 1. The van der Waals surface area contributed by atoms with E-state index >= 15 is 0 Å². The summed E-state index contributed by atoms with van der Waals surface area (Å²) in [5.41, 5.74) is 1.70. The fourth-order valence-electron chi connectivity index (χ4n) is 2.80. The Balaban J connectivity index is 1.83. The fourth-order valence-corrected chi connectivity index (χ4v) is 2.80. The summed E-state index contributed by atoms with van der Waals surface area (Å²) >= 11 is 0. The molecule has 0 radical (unpaired) electrons. The maximum absolute atomic E-state index is 12.3. The zero-order valence-corrected chi connectivity index (χ0v) is 14.2. The maximum Gasteiger partial charge on any atom is 0.251 e. The van der Waals surface area contributed by atoms with Crippen LogP contribution in [0.25, 0.3) is 0 Å². The molecule has 1 aromatic rings. The van der Waals surface area contributed by atoms with Crippen molar-refractivity contribution in [2.24, 2.45) is 5.92 Å². The second kappa shape index (κ2) is 8.11. The Hall–Kier alpha value is -1.88. The second-order valence-electron chi connectivity index (χ2n) is 6.36. The van der Waals surface area contributed by atoms with Crippen LogP contribution in [0, 0.1) is 5.92 Å². The van der Waals surface area contributed by atoms with Gasteiger partial charge in [0.15, 0.2) is 0 Å². The van der Waals surface area contributed by atoms with E-state index in [0.29, 0.717) is 12.2 Å². The van der Waals surface area contributed by atoms with Gasteiger partial charge in [0.25, 0.3) is 5.91 Å². The number of methoxy groups -OCH3 is 1. The van der Waals surface area contributed by atoms with Gasteiger partial charge in [-0.2, -0.15) is 0 Å². The van der Waals surface area contributed by atoms with E-state index in [0.717, 1.165) is 31.5 Å². The van der Waals surface area contributed by atoms with Gasteiger partial charge < -0.3 is 15.0 Å². The molecule has 5 heteroatoms. The van der Waals surface area contributed by atoms with Crippen molar-refractivity contribution in [2.75, 3.05) is 20.2 Å². The number of ether oxygens (including phenoxy) is 1. The molecule has 0 atom stereocenters. The van der Waals surface area contributed by atoms with Gasteiger partial charge in [0, 0.05) is 37.7 Å². The number of carbonyl (C=O) groups excluding carboxylic acids is 2. The van der Waals surface area contributed by atoms with Crippen molar-refractivity contribution in [2.45, 2.75) is 39.3 Å². The Kier molecular flexibility index (Phi) is 6.16. The van der Waals surface area contributed by atoms with Crippen LogP contribution in [-0.4, -0.2) is 43.0 Å². The van der Waals surface area contributed by atoms with E-state index in [-0.39, 0.29) is 23.8 Å². The molecule has 0 aliphatic carbocycles. The van der Waals surface area contributed by atoms with Crippen molar-refractivity contribution in [3.63, 3.8) is 0 Å². The lowest BCUT2D eigenvalue weighted by molar-refractivity contribution is -0.135. The number of nitrogens with one attached hydrogen (secondary N) is 1. The molecule has 1 aliphatic rings. The third kappa shape index (κ3) is 4.79. The third-order valence-corrected chi connectivity index (χ3v) is 4.16. The first-order chi connectivity index (χ1) is 11.0. The van der Waals surface area contributed by atoms with Crippen molar-refractivity contribution in [1.82, 2.24) is 10.2 Å². The maximum atomic E-state index is 12.3. The van der Waals surface area contributed by atoms with Crippen molar-refractivity contribution >= 4 is 11.8 Å². The summed E-state index contributed by atoms with van der Waals surface area (Å²) in [5.74, 6) is 0.179. The summed E-state index contributed by atoms with van der Waals surface area (Å²) in [6.45, 7) is 5.82. The predicted molar refractivity (Wildman–Crippen MR) is 89.1 cm³/mol. The molecule has 0 saturated carbocycles. The van der Waals surface area contributed by atoms with E-state index in [1.165, 1.54) is 0 Å². The summed E-state index contributed by atoms with van der Waals surface area (Å²) in [5, 5.41) is 3.07. The topological polar surface area (TPSA) is 58.6 Å². The summed E-state index contributed by atoms with van der Waals surface area (Å²) in [6.07, 6.45) is 1.62. The fraction of sp³-hybridized carbons (Fsp3) is 0.556. The zero-order valence-electron chi connectivity index (χ0n) is 14.2. The number of carbonyl (C=O) groups is 2. The van der Waals surface area contributed by atoms with Crippen LogP contribution < -0.4 is 5.32 Å². The van der Waals surface area contributed by atoms with Crippen LogP contribution in [0.1, 0.15) is 42.6 Å². The molecule has 0 spiro atoms. The van der Waals surface area contributed by atoms with Crippen LogP contribution in [0.4, 0.5) is 0 Å². The molecule has 1 heterocycles. The van der Waals surface area contributed by atoms with Crippen molar-refractivity contribution in [3.8, 4) is 0 Å². The number of hydrogen-bond acceptors (Lipinski definition) is 3. The smallest absolute Gasteiger partial charge is 0.251 e. The molecule has 1 fully saturated rings. The highest BCUT2D eigenvalue weighted by molar-refractivity contribution is 5.94. The monoisotopic (exact) mass is 318 g/mol. The molecule has 5 nitrogen and oxygen atoms in total. The third-order valence-electron chi connectivity index (χ3n) is 4.16. The second-order valence-corrected chi connectivity index (χ2v) is 6.36. The highest BCUT2D eigenvalue weighted by Gasteiger charge is 2.25.